The van der Waals surface area contributed by atoms with Crippen LogP contribution in [0.5, 0.6) is 0 Å². The second-order valence-corrected chi connectivity index (χ2v) is 13.1. The maximum Gasteiger partial charge on any atom is 0.338 e. The van der Waals surface area contributed by atoms with E-state index in [1.165, 1.54) is 23.5 Å². The third-order valence-electron chi connectivity index (χ3n) is 9.14. The van der Waals surface area contributed by atoms with Crippen LogP contribution in [0.3, 0.4) is 0 Å². The predicted octanol–water partition coefficient (Wildman–Crippen LogP) is 6.00. The van der Waals surface area contributed by atoms with Crippen LogP contribution >= 0.6 is 22.9 Å². The van der Waals surface area contributed by atoms with Gasteiger partial charge in [-0.05, 0) is 56.4 Å². The Hall–Kier alpha value is -3.31. The van der Waals surface area contributed by atoms with E-state index in [0.717, 1.165) is 25.7 Å². The number of nitrogens with one attached hydrogen (secondary N) is 1. The average molecular weight is 645 g/mol. The van der Waals surface area contributed by atoms with Gasteiger partial charge in [-0.2, -0.15) is 0 Å². The number of hydrogen-bond donors (Lipinski definition) is 2. The number of thiazole rings is 1. The van der Waals surface area contributed by atoms with Crippen LogP contribution in [0.4, 0.5) is 4.39 Å². The predicted molar refractivity (Wildman–Crippen MR) is 166 cm³/mol. The number of aliphatic carboxylic acids is 1. The molecule has 3 heterocycles. The number of benzene rings is 1. The number of esters is 1. The minimum Gasteiger partial charge on any atom is -0.481 e. The van der Waals surface area contributed by atoms with Gasteiger partial charge >= 0.3 is 11.9 Å². The molecule has 1 aromatic heterocycles. The van der Waals surface area contributed by atoms with Crippen molar-refractivity contribution >= 4 is 46.6 Å². The van der Waals surface area contributed by atoms with Gasteiger partial charge in [-0.1, -0.05) is 43.0 Å². The number of amidine groups is 1. The van der Waals surface area contributed by atoms with Crippen molar-refractivity contribution in [3.63, 3.8) is 0 Å². The van der Waals surface area contributed by atoms with Crippen LogP contribution in [0.15, 0.2) is 46.0 Å². The van der Waals surface area contributed by atoms with Gasteiger partial charge in [-0.15, -0.1) is 11.3 Å². The molecule has 2 N–H and O–H groups in total. The summed E-state index contributed by atoms with van der Waals surface area (Å²) in [7, 11) is 1.75. The Labute approximate surface area is 265 Å². The van der Waals surface area contributed by atoms with E-state index in [2.05, 4.69) is 10.3 Å². The number of allylic oxidation sites excluding steroid dienone is 1. The van der Waals surface area contributed by atoms with Crippen LogP contribution in [0.25, 0.3) is 0 Å². The van der Waals surface area contributed by atoms with Gasteiger partial charge in [0.2, 0.25) is 5.91 Å². The third-order valence-corrected chi connectivity index (χ3v) is 10.3. The Kier molecular flexibility index (Phi) is 10.4. The van der Waals surface area contributed by atoms with Gasteiger partial charge in [-0.25, -0.2) is 14.2 Å². The Morgan fingerprint density at radius 2 is 2.02 bits per heavy atom. The second-order valence-electron chi connectivity index (χ2n) is 11.9. The molecule has 1 saturated carbocycles. The summed E-state index contributed by atoms with van der Waals surface area (Å²) in [6.07, 6.45) is 7.07. The molecule has 44 heavy (non-hydrogen) atoms. The molecule has 0 radical (unpaired) electrons. The highest BCUT2D eigenvalue weighted by Gasteiger charge is 2.41. The van der Waals surface area contributed by atoms with Gasteiger partial charge in [0, 0.05) is 42.9 Å². The van der Waals surface area contributed by atoms with Crippen molar-refractivity contribution in [3.8, 4) is 0 Å². The molecule has 5 unspecified atom stereocenters. The van der Waals surface area contributed by atoms with E-state index in [0.29, 0.717) is 54.3 Å². The summed E-state index contributed by atoms with van der Waals surface area (Å²) in [5.74, 6) is -2.01. The number of ether oxygens (including phenoxy) is 1. The summed E-state index contributed by atoms with van der Waals surface area (Å²) in [5.41, 5.74) is 1.21. The van der Waals surface area contributed by atoms with E-state index in [9.17, 15) is 23.9 Å². The second kappa shape index (κ2) is 14.2. The zero-order valence-electron chi connectivity index (χ0n) is 24.9. The Morgan fingerprint density at radius 3 is 2.75 bits per heavy atom. The normalized spacial score (nSPS) is 26.4. The monoisotopic (exact) mass is 644 g/mol. The molecule has 236 valence electrons. The summed E-state index contributed by atoms with van der Waals surface area (Å²) in [5, 5.41) is 16.0. The lowest BCUT2D eigenvalue weighted by molar-refractivity contribution is -0.150. The molecular weight excluding hydrogens is 607 g/mol. The van der Waals surface area contributed by atoms with E-state index in [1.807, 2.05) is 5.38 Å². The van der Waals surface area contributed by atoms with Crippen molar-refractivity contribution < 1.29 is 28.6 Å². The highest BCUT2D eigenvalue weighted by Crippen LogP contribution is 2.42. The van der Waals surface area contributed by atoms with Gasteiger partial charge < -0.3 is 20.1 Å². The number of halogens is 2. The summed E-state index contributed by atoms with van der Waals surface area (Å²) in [6, 6.07) is 3.53. The van der Waals surface area contributed by atoms with Crippen LogP contribution in [-0.4, -0.2) is 58.9 Å². The molecule has 2 aliphatic heterocycles. The maximum atomic E-state index is 14.7. The van der Waals surface area contributed by atoms with E-state index in [1.54, 1.807) is 31.1 Å². The molecule has 1 aromatic carbocycles. The van der Waals surface area contributed by atoms with Gasteiger partial charge in [0.1, 0.15) is 11.9 Å². The lowest BCUT2D eigenvalue weighted by Gasteiger charge is -2.40. The Balaban J connectivity index is 1.50. The van der Waals surface area contributed by atoms with E-state index in [4.69, 9.17) is 21.3 Å². The van der Waals surface area contributed by atoms with E-state index >= 15 is 0 Å². The largest absolute Gasteiger partial charge is 0.481 e. The number of carbonyl (C=O) groups excluding carboxylic acids is 2. The number of carbonyl (C=O) groups is 3. The summed E-state index contributed by atoms with van der Waals surface area (Å²) >= 11 is 7.83. The van der Waals surface area contributed by atoms with Crippen molar-refractivity contribution in [2.45, 2.75) is 64.3 Å². The number of aromatic nitrogens is 1. The number of amides is 1. The summed E-state index contributed by atoms with van der Waals surface area (Å²) in [4.78, 5) is 49.4. The number of rotatable bonds is 7. The fourth-order valence-corrected chi connectivity index (χ4v) is 7.71. The number of carboxylic acids is 1. The number of fused-ring (bicyclic) bond motifs is 1. The first-order valence-corrected chi connectivity index (χ1v) is 16.5. The lowest BCUT2D eigenvalue weighted by Crippen LogP contribution is -2.46. The lowest BCUT2D eigenvalue weighted by atomic mass is 9.71. The smallest absolute Gasteiger partial charge is 0.338 e. The zero-order chi connectivity index (χ0) is 31.4. The molecule has 2 aromatic rings. The minimum absolute atomic E-state index is 0.0579. The van der Waals surface area contributed by atoms with Crippen molar-refractivity contribution in [1.29, 1.82) is 0 Å². The third kappa shape index (κ3) is 6.99. The van der Waals surface area contributed by atoms with E-state index in [-0.39, 0.29) is 40.9 Å². The molecule has 3 aliphatic rings. The first-order chi connectivity index (χ1) is 21.2. The van der Waals surface area contributed by atoms with Crippen molar-refractivity contribution in [1.82, 2.24) is 15.2 Å². The highest BCUT2D eigenvalue weighted by molar-refractivity contribution is 7.11. The number of nitrogens with zero attached hydrogens (tertiary/aromatic N) is 3. The quantitative estimate of drug-likeness (QED) is 0.355. The first-order valence-electron chi connectivity index (χ1n) is 15.2. The van der Waals surface area contributed by atoms with Crippen molar-refractivity contribution in [2.75, 3.05) is 20.2 Å². The van der Waals surface area contributed by atoms with Crippen LogP contribution in [0.1, 0.15) is 74.9 Å². The fourth-order valence-electron chi connectivity index (χ4n) is 6.89. The van der Waals surface area contributed by atoms with E-state index < -0.39 is 29.7 Å². The average Bonchev–Trinajstić information content (AvgIpc) is 3.53. The SMILES string of the molecule is CCOC(=O)C1=C(CC2CCCCC3CC(=O)N(C)CC3C(C(=O)O)CC2)NC(c2nccs2)=NC1c1cccc(F)c1Cl. The molecule has 0 spiro atoms. The molecule has 5 atom stereocenters. The standard InChI is InChI=1S/C32H38ClFN4O5S/c1-3-43-32(42)26-24(36-29(30-35-13-14-44-30)37-28(26)21-9-6-10-23(34)27(21)33)15-18-7-4-5-8-19-16-25(39)38(2)17-22(19)20(12-11-18)31(40)41/h6,9-10,13-14,18-20,22,28H,3-5,7-8,11-12,15-17H2,1-2H3,(H,36,37)(H,40,41). The summed E-state index contributed by atoms with van der Waals surface area (Å²) < 4.78 is 20.2. The summed E-state index contributed by atoms with van der Waals surface area (Å²) in [6.45, 7) is 2.32. The maximum absolute atomic E-state index is 14.7. The van der Waals surface area contributed by atoms with Gasteiger partial charge in [-0.3, -0.25) is 14.6 Å². The first kappa shape index (κ1) is 32.1. The van der Waals surface area contributed by atoms with Gasteiger partial charge in [0.05, 0.1) is 23.1 Å². The van der Waals surface area contributed by atoms with Crippen LogP contribution in [0.2, 0.25) is 5.02 Å². The molecule has 5 rings (SSSR count). The van der Waals surface area contributed by atoms with Gasteiger partial charge in [0.15, 0.2) is 10.8 Å². The Bertz CT molecular complexity index is 1450. The Morgan fingerprint density at radius 1 is 1.23 bits per heavy atom. The van der Waals surface area contributed by atoms with Crippen molar-refractivity contribution in [3.05, 3.63) is 62.5 Å². The zero-order valence-corrected chi connectivity index (χ0v) is 26.5. The molecule has 0 bridgehead atoms. The molecule has 9 nitrogen and oxygen atoms in total. The molecule has 1 amide bonds. The van der Waals surface area contributed by atoms with Crippen molar-refractivity contribution in [2.24, 2.45) is 28.7 Å². The topological polar surface area (TPSA) is 121 Å². The van der Waals surface area contributed by atoms with Crippen LogP contribution < -0.4 is 5.32 Å². The van der Waals surface area contributed by atoms with Crippen LogP contribution in [0, 0.1) is 29.5 Å². The number of carboxylic acid groups (broad SMARTS) is 1. The molecule has 2 fully saturated rings. The fraction of sp³-hybridized carbons (Fsp3) is 0.531. The number of hydrogen-bond acceptors (Lipinski definition) is 8. The molecule has 12 heteroatoms. The molecule has 1 aliphatic carbocycles. The van der Waals surface area contributed by atoms with Gasteiger partial charge in [0.25, 0.3) is 0 Å². The number of likely N-dealkylation sites (tertiary alicyclic amines) is 1. The number of piperidine rings is 1. The molecular formula is C32H38ClFN4O5S. The highest BCUT2D eigenvalue weighted by atomic mass is 35.5. The van der Waals surface area contributed by atoms with Crippen LogP contribution in [-0.2, 0) is 19.1 Å². The molecule has 1 saturated heterocycles. The number of aliphatic imine (C=N–C) groups is 1. The minimum atomic E-state index is -0.922.